The van der Waals surface area contributed by atoms with Crippen LogP contribution in [0.3, 0.4) is 0 Å². The molecule has 1 aliphatic heterocycles. The lowest BCUT2D eigenvalue weighted by Crippen LogP contribution is -2.07. The Bertz CT molecular complexity index is 1290. The fraction of sp³-hybridized carbons (Fsp3) is 0.267. The van der Waals surface area contributed by atoms with E-state index in [0.717, 1.165) is 18.6 Å². The molecular formula is C30H28OS. The largest absolute Gasteiger partial charge is 0.494 e. The smallest absolute Gasteiger partial charge is 0.119 e. The zero-order valence-electron chi connectivity index (χ0n) is 18.6. The Morgan fingerprint density at radius 1 is 0.844 bits per heavy atom. The van der Waals surface area contributed by atoms with Crippen LogP contribution in [-0.2, 0) is 6.42 Å². The van der Waals surface area contributed by atoms with Gasteiger partial charge in [-0.3, -0.25) is 0 Å². The molecule has 3 aliphatic rings. The van der Waals surface area contributed by atoms with Crippen molar-refractivity contribution in [2.45, 2.75) is 39.0 Å². The van der Waals surface area contributed by atoms with Crippen LogP contribution in [-0.4, -0.2) is 12.4 Å². The Morgan fingerprint density at radius 3 is 2.50 bits per heavy atom. The van der Waals surface area contributed by atoms with Gasteiger partial charge in [0.25, 0.3) is 0 Å². The van der Waals surface area contributed by atoms with Crippen molar-refractivity contribution in [1.29, 1.82) is 0 Å². The summed E-state index contributed by atoms with van der Waals surface area (Å²) < 4.78 is 5.68. The monoisotopic (exact) mass is 436 g/mol. The second-order valence-corrected chi connectivity index (χ2v) is 9.93. The molecule has 0 radical (unpaired) electrons. The van der Waals surface area contributed by atoms with Gasteiger partial charge >= 0.3 is 0 Å². The highest BCUT2D eigenvalue weighted by molar-refractivity contribution is 8.08. The Labute approximate surface area is 194 Å². The van der Waals surface area contributed by atoms with Crippen LogP contribution in [0.1, 0.15) is 49.3 Å². The third kappa shape index (κ3) is 3.33. The predicted octanol–water partition coefficient (Wildman–Crippen LogP) is 8.43. The lowest BCUT2D eigenvalue weighted by Gasteiger charge is -2.26. The fourth-order valence-corrected chi connectivity index (χ4v) is 6.57. The number of thioether (sulfide) groups is 1. The summed E-state index contributed by atoms with van der Waals surface area (Å²) in [5.74, 6) is 2.12. The second kappa shape index (κ2) is 8.33. The molecule has 0 amide bonds. The Kier molecular flexibility index (Phi) is 5.19. The molecule has 3 aromatic carbocycles. The standard InChI is InChI=1S/C30H28OS/c1-2-31-22-12-9-21(10-13-22)24-15-16-27-26-14-11-20-6-3-4-7-23(20)25(26)17-18-28(27)30(24)29-8-5-19-32-29/h4,7-10,12-13,15-18H,2-3,5-6,11,14,19H2,1H3. The molecule has 3 aromatic rings. The van der Waals surface area contributed by atoms with Crippen molar-refractivity contribution >= 4 is 33.0 Å². The number of hydrogen-bond donors (Lipinski definition) is 0. The van der Waals surface area contributed by atoms with Crippen molar-refractivity contribution in [3.05, 3.63) is 89.0 Å². The average molecular weight is 437 g/mol. The van der Waals surface area contributed by atoms with E-state index in [1.807, 2.05) is 18.7 Å². The normalized spacial score (nSPS) is 17.3. The van der Waals surface area contributed by atoms with Crippen LogP contribution in [0.5, 0.6) is 5.75 Å². The minimum Gasteiger partial charge on any atom is -0.494 e. The first-order valence-electron chi connectivity index (χ1n) is 11.9. The van der Waals surface area contributed by atoms with Crippen molar-refractivity contribution < 1.29 is 4.74 Å². The molecule has 0 N–H and O–H groups in total. The summed E-state index contributed by atoms with van der Waals surface area (Å²) in [5.41, 5.74) is 10.1. The maximum atomic E-state index is 5.68. The lowest BCUT2D eigenvalue weighted by atomic mass is 9.78. The van der Waals surface area contributed by atoms with Gasteiger partial charge in [-0.2, -0.15) is 0 Å². The Balaban J connectivity index is 1.55. The van der Waals surface area contributed by atoms with Crippen LogP contribution < -0.4 is 4.74 Å². The highest BCUT2D eigenvalue weighted by Crippen LogP contribution is 2.46. The fourth-order valence-electron chi connectivity index (χ4n) is 5.51. The lowest BCUT2D eigenvalue weighted by molar-refractivity contribution is 0.340. The van der Waals surface area contributed by atoms with E-state index >= 15 is 0 Å². The molecular weight excluding hydrogens is 408 g/mol. The third-order valence-corrected chi connectivity index (χ3v) is 8.11. The van der Waals surface area contributed by atoms with Crippen molar-refractivity contribution in [3.63, 3.8) is 0 Å². The molecule has 0 unspecified atom stereocenters. The first-order chi connectivity index (χ1) is 15.8. The molecule has 160 valence electrons. The Hall–Kier alpha value is -2.71. The maximum Gasteiger partial charge on any atom is 0.119 e. The van der Waals surface area contributed by atoms with E-state index in [1.54, 1.807) is 5.57 Å². The van der Waals surface area contributed by atoms with Gasteiger partial charge in [0.05, 0.1) is 6.61 Å². The van der Waals surface area contributed by atoms with E-state index in [4.69, 9.17) is 4.74 Å². The van der Waals surface area contributed by atoms with Crippen molar-refractivity contribution in [2.75, 3.05) is 12.4 Å². The number of rotatable bonds is 4. The van der Waals surface area contributed by atoms with E-state index < -0.39 is 0 Å². The maximum absolute atomic E-state index is 5.68. The SMILES string of the molecule is CCOc1ccc(-c2ccc3c4c(ccc3c2C2=CCCS2)C2=C(CCC=C2)CC4)cc1. The van der Waals surface area contributed by atoms with Crippen molar-refractivity contribution in [2.24, 2.45) is 0 Å². The topological polar surface area (TPSA) is 9.23 Å². The molecule has 0 aromatic heterocycles. The van der Waals surface area contributed by atoms with Gasteiger partial charge in [0, 0.05) is 16.2 Å². The zero-order chi connectivity index (χ0) is 21.5. The van der Waals surface area contributed by atoms with Gasteiger partial charge in [-0.15, -0.1) is 11.8 Å². The first-order valence-corrected chi connectivity index (χ1v) is 12.9. The number of allylic oxidation sites excluding steroid dienone is 5. The number of aryl methyl sites for hydroxylation is 1. The van der Waals surface area contributed by atoms with Crippen molar-refractivity contribution in [3.8, 4) is 16.9 Å². The summed E-state index contributed by atoms with van der Waals surface area (Å²) in [6.07, 6.45) is 13.1. The summed E-state index contributed by atoms with van der Waals surface area (Å²) in [6.45, 7) is 2.73. The molecule has 2 aliphatic carbocycles. The molecule has 1 nitrogen and oxygen atoms in total. The molecule has 0 spiro atoms. The van der Waals surface area contributed by atoms with E-state index in [0.29, 0.717) is 6.61 Å². The first kappa shape index (κ1) is 19.9. The quantitative estimate of drug-likeness (QED) is 0.406. The van der Waals surface area contributed by atoms with Crippen LogP contribution in [0.15, 0.2) is 72.3 Å². The zero-order valence-corrected chi connectivity index (χ0v) is 19.4. The van der Waals surface area contributed by atoms with E-state index in [-0.39, 0.29) is 0 Å². The molecule has 32 heavy (non-hydrogen) atoms. The van der Waals surface area contributed by atoms with Gasteiger partial charge in [0.15, 0.2) is 0 Å². The molecule has 0 atom stereocenters. The molecule has 0 bridgehead atoms. The second-order valence-electron chi connectivity index (χ2n) is 8.80. The van der Waals surface area contributed by atoms with E-state index in [9.17, 15) is 0 Å². The molecule has 2 heteroatoms. The number of hydrogen-bond acceptors (Lipinski definition) is 2. The minimum absolute atomic E-state index is 0.697. The average Bonchev–Trinajstić information content (AvgIpc) is 3.38. The highest BCUT2D eigenvalue weighted by atomic mass is 32.2. The summed E-state index contributed by atoms with van der Waals surface area (Å²) in [6, 6.07) is 18.1. The van der Waals surface area contributed by atoms with Crippen LogP contribution in [0.25, 0.3) is 32.4 Å². The summed E-state index contributed by atoms with van der Waals surface area (Å²) in [7, 11) is 0. The summed E-state index contributed by atoms with van der Waals surface area (Å²) in [4.78, 5) is 1.44. The van der Waals surface area contributed by atoms with Crippen LogP contribution in [0.2, 0.25) is 0 Å². The molecule has 1 heterocycles. The summed E-state index contributed by atoms with van der Waals surface area (Å²) in [5, 5.41) is 2.84. The van der Waals surface area contributed by atoms with Crippen LogP contribution in [0, 0.1) is 0 Å². The van der Waals surface area contributed by atoms with Crippen LogP contribution in [0.4, 0.5) is 0 Å². The van der Waals surface area contributed by atoms with Gasteiger partial charge in [-0.05, 0) is 89.8 Å². The van der Waals surface area contributed by atoms with Gasteiger partial charge in [-0.25, -0.2) is 0 Å². The van der Waals surface area contributed by atoms with E-state index in [2.05, 4.69) is 66.8 Å². The van der Waals surface area contributed by atoms with Gasteiger partial charge in [-0.1, -0.05) is 60.2 Å². The van der Waals surface area contributed by atoms with Gasteiger partial charge in [0.2, 0.25) is 0 Å². The minimum atomic E-state index is 0.697. The number of benzene rings is 3. The predicted molar refractivity (Wildman–Crippen MR) is 139 cm³/mol. The molecule has 0 fully saturated rings. The number of fused-ring (bicyclic) bond motifs is 4. The van der Waals surface area contributed by atoms with Gasteiger partial charge < -0.3 is 4.74 Å². The highest BCUT2D eigenvalue weighted by Gasteiger charge is 2.23. The van der Waals surface area contributed by atoms with Crippen molar-refractivity contribution in [1.82, 2.24) is 0 Å². The van der Waals surface area contributed by atoms with Gasteiger partial charge in [0.1, 0.15) is 5.75 Å². The van der Waals surface area contributed by atoms with Crippen LogP contribution >= 0.6 is 11.8 Å². The third-order valence-electron chi connectivity index (χ3n) is 6.99. The molecule has 6 rings (SSSR count). The Morgan fingerprint density at radius 2 is 1.69 bits per heavy atom. The summed E-state index contributed by atoms with van der Waals surface area (Å²) >= 11 is 2.00. The number of ether oxygens (including phenoxy) is 1. The molecule has 0 saturated carbocycles. The molecule has 0 saturated heterocycles. The van der Waals surface area contributed by atoms with E-state index in [1.165, 1.54) is 74.1 Å².